The first-order chi connectivity index (χ1) is 14.5. The Morgan fingerprint density at radius 3 is 2.60 bits per heavy atom. The van der Waals surface area contributed by atoms with Crippen LogP contribution in [-0.2, 0) is 12.1 Å². The van der Waals surface area contributed by atoms with Gasteiger partial charge in [-0.2, -0.15) is 0 Å². The number of hydrogen-bond acceptors (Lipinski definition) is 5. The average Bonchev–Trinajstić information content (AvgIpc) is 3.18. The van der Waals surface area contributed by atoms with Crippen molar-refractivity contribution in [2.24, 2.45) is 21.1 Å². The van der Waals surface area contributed by atoms with Crippen LogP contribution in [0.2, 0.25) is 0 Å². The maximum atomic E-state index is 10.2. The van der Waals surface area contributed by atoms with Gasteiger partial charge in [-0.15, -0.1) is 5.92 Å². The second kappa shape index (κ2) is 6.78. The van der Waals surface area contributed by atoms with E-state index in [9.17, 15) is 5.11 Å². The molecule has 3 N–H and O–H groups in total. The van der Waals surface area contributed by atoms with Gasteiger partial charge in [0.05, 0.1) is 11.8 Å². The van der Waals surface area contributed by atoms with Crippen molar-refractivity contribution in [2.45, 2.75) is 57.7 Å². The van der Waals surface area contributed by atoms with E-state index in [1.54, 1.807) is 6.20 Å². The molecule has 3 aliphatic rings. The van der Waals surface area contributed by atoms with Crippen LogP contribution in [0.4, 0.5) is 0 Å². The van der Waals surface area contributed by atoms with Gasteiger partial charge in [0, 0.05) is 34.5 Å². The van der Waals surface area contributed by atoms with Gasteiger partial charge in [0.25, 0.3) is 0 Å². The first-order valence-corrected chi connectivity index (χ1v) is 10.6. The summed E-state index contributed by atoms with van der Waals surface area (Å²) >= 11 is 0. The minimum atomic E-state index is -0.680. The molecule has 1 atom stereocenters. The Bertz CT molecular complexity index is 1130. The number of amidine groups is 1. The number of aromatic nitrogens is 1. The zero-order valence-corrected chi connectivity index (χ0v) is 17.4. The number of hydrogen-bond donors (Lipinski definition) is 2. The van der Waals surface area contributed by atoms with Gasteiger partial charge in [0.2, 0.25) is 0 Å². The molecule has 0 radical (unpaired) electrons. The lowest BCUT2D eigenvalue weighted by Crippen LogP contribution is -2.43. The van der Waals surface area contributed by atoms with Crippen LogP contribution in [0.25, 0.3) is 11.1 Å². The van der Waals surface area contributed by atoms with Crippen molar-refractivity contribution in [2.75, 3.05) is 0 Å². The molecular weight excluding hydrogens is 372 g/mol. The van der Waals surface area contributed by atoms with E-state index in [1.165, 1.54) is 5.56 Å². The van der Waals surface area contributed by atoms with Crippen molar-refractivity contribution in [1.29, 1.82) is 0 Å². The Morgan fingerprint density at radius 2 is 1.90 bits per heavy atom. The third-order valence-electron chi connectivity index (χ3n) is 6.99. The summed E-state index contributed by atoms with van der Waals surface area (Å²) in [6, 6.07) is 8.65. The Labute approximate surface area is 177 Å². The standard InChI is InChI=1S/C25H26N4O/c1-3-4-17-11-20(15-27-14-17)18-5-6-19-13-24(9-7-21(30)8-10-24)25(22(19)12-18)28-16(2)23(26)29-25/h5-6,11-12,14-15,21,30H,7-10,13H2,1-2H3,(H2,26,29)/t21?,24?,25-/m1/s1. The largest absolute Gasteiger partial charge is 0.393 e. The molecule has 2 spiro atoms. The number of nitrogens with zero attached hydrogens (tertiary/aromatic N) is 3. The number of aliphatic hydroxyl groups excluding tert-OH is 1. The smallest absolute Gasteiger partial charge is 0.184 e. The molecule has 1 fully saturated rings. The molecule has 30 heavy (non-hydrogen) atoms. The Kier molecular flexibility index (Phi) is 4.30. The summed E-state index contributed by atoms with van der Waals surface area (Å²) in [5.74, 6) is 6.55. The minimum Gasteiger partial charge on any atom is -0.393 e. The van der Waals surface area contributed by atoms with E-state index in [2.05, 4.69) is 41.1 Å². The summed E-state index contributed by atoms with van der Waals surface area (Å²) in [6.45, 7) is 3.77. The van der Waals surface area contributed by atoms with E-state index in [0.717, 1.165) is 60.1 Å². The summed E-state index contributed by atoms with van der Waals surface area (Å²) < 4.78 is 0. The van der Waals surface area contributed by atoms with E-state index in [4.69, 9.17) is 15.7 Å². The lowest BCUT2D eigenvalue weighted by molar-refractivity contribution is 0.0233. The number of rotatable bonds is 1. The quantitative estimate of drug-likeness (QED) is 0.720. The summed E-state index contributed by atoms with van der Waals surface area (Å²) in [4.78, 5) is 14.5. The molecule has 152 valence electrons. The molecule has 5 rings (SSSR count). The van der Waals surface area contributed by atoms with E-state index in [0.29, 0.717) is 5.84 Å². The second-order valence-corrected chi connectivity index (χ2v) is 8.76. The van der Waals surface area contributed by atoms with Crippen molar-refractivity contribution in [1.82, 2.24) is 4.98 Å². The van der Waals surface area contributed by atoms with E-state index >= 15 is 0 Å². The van der Waals surface area contributed by atoms with Gasteiger partial charge in [-0.1, -0.05) is 18.1 Å². The molecule has 1 aromatic carbocycles. The predicted octanol–water partition coefficient (Wildman–Crippen LogP) is 3.58. The molecule has 0 unspecified atom stereocenters. The Hall–Kier alpha value is -2.97. The lowest BCUT2D eigenvalue weighted by Gasteiger charge is -2.44. The van der Waals surface area contributed by atoms with Crippen LogP contribution in [0.15, 0.2) is 46.6 Å². The van der Waals surface area contributed by atoms with Gasteiger partial charge in [0.15, 0.2) is 5.66 Å². The molecule has 2 aromatic rings. The molecule has 0 saturated heterocycles. The number of fused-ring (bicyclic) bond motifs is 3. The molecule has 2 aliphatic carbocycles. The number of nitrogens with two attached hydrogens (primary N) is 1. The number of pyridine rings is 1. The van der Waals surface area contributed by atoms with Gasteiger partial charge >= 0.3 is 0 Å². The normalized spacial score (nSPS) is 29.4. The maximum absolute atomic E-state index is 10.2. The highest BCUT2D eigenvalue weighted by atomic mass is 16.3. The summed E-state index contributed by atoms with van der Waals surface area (Å²) in [7, 11) is 0. The number of aliphatic hydroxyl groups is 1. The van der Waals surface area contributed by atoms with Crippen LogP contribution in [0.3, 0.4) is 0 Å². The molecule has 2 heterocycles. The molecule has 0 amide bonds. The fourth-order valence-electron chi connectivity index (χ4n) is 5.44. The summed E-state index contributed by atoms with van der Waals surface area (Å²) in [6.07, 6.45) is 7.72. The SMILES string of the molecule is CC#Cc1cncc(-c2ccc3c(c2)[C@]2(N=C(C)C(N)=N2)C2(CCC(O)CC2)C3)c1. The van der Waals surface area contributed by atoms with Crippen LogP contribution < -0.4 is 5.73 Å². The van der Waals surface area contributed by atoms with Crippen molar-refractivity contribution >= 4 is 11.5 Å². The second-order valence-electron chi connectivity index (χ2n) is 8.76. The molecule has 1 aromatic heterocycles. The first kappa shape index (κ1) is 19.0. The molecule has 5 nitrogen and oxygen atoms in total. The average molecular weight is 399 g/mol. The Morgan fingerprint density at radius 1 is 1.10 bits per heavy atom. The fourth-order valence-corrected chi connectivity index (χ4v) is 5.44. The molecule has 1 aliphatic heterocycles. The molecule has 5 heteroatoms. The Balaban J connectivity index is 1.66. The summed E-state index contributed by atoms with van der Waals surface area (Å²) in [5, 5.41) is 10.2. The third-order valence-corrected chi connectivity index (χ3v) is 6.99. The highest BCUT2D eigenvalue weighted by Gasteiger charge is 2.60. The predicted molar refractivity (Wildman–Crippen MR) is 119 cm³/mol. The van der Waals surface area contributed by atoms with Crippen molar-refractivity contribution in [3.05, 3.63) is 53.3 Å². The topological polar surface area (TPSA) is 83.9 Å². The van der Waals surface area contributed by atoms with Crippen LogP contribution in [0.1, 0.15) is 56.2 Å². The third kappa shape index (κ3) is 2.71. The van der Waals surface area contributed by atoms with Crippen molar-refractivity contribution in [3.8, 4) is 23.0 Å². The maximum Gasteiger partial charge on any atom is 0.184 e. The van der Waals surface area contributed by atoms with Gasteiger partial charge in [-0.25, -0.2) is 4.99 Å². The van der Waals surface area contributed by atoms with Crippen molar-refractivity contribution < 1.29 is 5.11 Å². The molecule has 0 bridgehead atoms. The van der Waals surface area contributed by atoms with Crippen LogP contribution in [-0.4, -0.2) is 27.7 Å². The highest BCUT2D eigenvalue weighted by molar-refractivity contribution is 6.41. The van der Waals surface area contributed by atoms with Crippen LogP contribution >= 0.6 is 0 Å². The zero-order chi connectivity index (χ0) is 20.9. The highest BCUT2D eigenvalue weighted by Crippen LogP contribution is 2.61. The monoisotopic (exact) mass is 398 g/mol. The van der Waals surface area contributed by atoms with E-state index in [1.807, 2.05) is 20.0 Å². The number of benzene rings is 1. The minimum absolute atomic E-state index is 0.122. The van der Waals surface area contributed by atoms with Crippen LogP contribution in [0.5, 0.6) is 0 Å². The van der Waals surface area contributed by atoms with Gasteiger partial charge in [-0.3, -0.25) is 9.98 Å². The van der Waals surface area contributed by atoms with Gasteiger partial charge in [-0.05, 0) is 69.2 Å². The number of aliphatic imine (C=N–C) groups is 2. The van der Waals surface area contributed by atoms with Crippen molar-refractivity contribution in [3.63, 3.8) is 0 Å². The zero-order valence-electron chi connectivity index (χ0n) is 17.4. The first-order valence-electron chi connectivity index (χ1n) is 10.6. The molecular formula is C25H26N4O. The van der Waals surface area contributed by atoms with Crippen LogP contribution in [0, 0.1) is 17.3 Å². The lowest BCUT2D eigenvalue weighted by atomic mass is 9.65. The van der Waals surface area contributed by atoms with E-state index in [-0.39, 0.29) is 11.5 Å². The fraction of sp³-hybridized carbons (Fsp3) is 0.400. The summed E-state index contributed by atoms with van der Waals surface area (Å²) in [5.41, 5.74) is 11.7. The van der Waals surface area contributed by atoms with Gasteiger partial charge < -0.3 is 10.8 Å². The molecule has 1 saturated carbocycles. The van der Waals surface area contributed by atoms with E-state index < -0.39 is 5.66 Å². The van der Waals surface area contributed by atoms with Gasteiger partial charge in [0.1, 0.15) is 5.84 Å².